The number of carbonyl (C=O) groups excluding carboxylic acids is 1. The maximum Gasteiger partial charge on any atom is 0.182 e. The highest BCUT2D eigenvalue weighted by molar-refractivity contribution is 6.01. The third kappa shape index (κ3) is 3.23. The molecule has 0 spiro atoms. The number of hydrogen-bond donors (Lipinski definition) is 1. The molecule has 2 aromatic carbocycles. The van der Waals surface area contributed by atoms with Crippen LogP contribution in [0.2, 0.25) is 0 Å². The quantitative estimate of drug-likeness (QED) is 0.850. The number of benzene rings is 2. The van der Waals surface area contributed by atoms with Crippen molar-refractivity contribution in [3.63, 3.8) is 0 Å². The maximum absolute atomic E-state index is 12.8. The number of Topliss-reactive ketones (excluding diaryl/α,β-unsaturated/α-hetero) is 1. The second-order valence-corrected chi connectivity index (χ2v) is 5.06. The number of carbonyl (C=O) groups is 1. The second kappa shape index (κ2) is 5.87. The maximum atomic E-state index is 12.8. The third-order valence-electron chi connectivity index (χ3n) is 3.25. The SMILES string of the molecule is Cc1cc(C)c(C(=O)CNc2ccc(F)cc2)c(C)c1. The summed E-state index contributed by atoms with van der Waals surface area (Å²) in [5.41, 5.74) is 4.65. The molecule has 1 N–H and O–H groups in total. The minimum atomic E-state index is -0.285. The van der Waals surface area contributed by atoms with Crippen LogP contribution in [0, 0.1) is 26.6 Å². The van der Waals surface area contributed by atoms with Crippen LogP contribution in [0.5, 0.6) is 0 Å². The Kier molecular flexibility index (Phi) is 4.18. The van der Waals surface area contributed by atoms with E-state index in [1.165, 1.54) is 12.1 Å². The zero-order valence-corrected chi connectivity index (χ0v) is 12.0. The summed E-state index contributed by atoms with van der Waals surface area (Å²) in [4.78, 5) is 12.3. The summed E-state index contributed by atoms with van der Waals surface area (Å²) in [6.07, 6.45) is 0. The molecule has 2 aromatic rings. The fraction of sp³-hybridized carbons (Fsp3) is 0.235. The smallest absolute Gasteiger partial charge is 0.182 e. The van der Waals surface area contributed by atoms with Crippen LogP contribution in [0.1, 0.15) is 27.0 Å². The van der Waals surface area contributed by atoms with E-state index in [9.17, 15) is 9.18 Å². The van der Waals surface area contributed by atoms with E-state index in [-0.39, 0.29) is 18.1 Å². The Morgan fingerprint density at radius 3 is 2.15 bits per heavy atom. The molecule has 104 valence electrons. The Hall–Kier alpha value is -2.16. The van der Waals surface area contributed by atoms with Crippen molar-refractivity contribution in [2.24, 2.45) is 0 Å². The van der Waals surface area contributed by atoms with Crippen molar-refractivity contribution >= 4 is 11.5 Å². The minimum absolute atomic E-state index is 0.0457. The van der Waals surface area contributed by atoms with Crippen molar-refractivity contribution in [3.05, 3.63) is 64.5 Å². The number of halogens is 1. The molecule has 0 aliphatic carbocycles. The van der Waals surface area contributed by atoms with Crippen LogP contribution in [0.3, 0.4) is 0 Å². The standard InChI is InChI=1S/C17H18FNO/c1-11-8-12(2)17(13(3)9-11)16(20)10-19-15-6-4-14(18)5-7-15/h4-9,19H,10H2,1-3H3. The van der Waals surface area contributed by atoms with Crippen molar-refractivity contribution in [1.82, 2.24) is 0 Å². The molecule has 0 aliphatic rings. The Bertz CT molecular complexity index is 609. The molecule has 0 saturated heterocycles. The Labute approximate surface area is 118 Å². The fourth-order valence-electron chi connectivity index (χ4n) is 2.46. The predicted molar refractivity (Wildman–Crippen MR) is 79.9 cm³/mol. The minimum Gasteiger partial charge on any atom is -0.378 e. The Morgan fingerprint density at radius 1 is 1.05 bits per heavy atom. The summed E-state index contributed by atoms with van der Waals surface area (Å²) < 4.78 is 12.8. The van der Waals surface area contributed by atoms with Crippen LogP contribution < -0.4 is 5.32 Å². The van der Waals surface area contributed by atoms with Crippen LogP contribution in [0.25, 0.3) is 0 Å². The van der Waals surface area contributed by atoms with Crippen molar-refractivity contribution in [2.45, 2.75) is 20.8 Å². The molecule has 0 aromatic heterocycles. The van der Waals surface area contributed by atoms with Gasteiger partial charge in [0.1, 0.15) is 5.82 Å². The van der Waals surface area contributed by atoms with Crippen LogP contribution in [0.15, 0.2) is 36.4 Å². The van der Waals surface area contributed by atoms with Crippen molar-refractivity contribution in [1.29, 1.82) is 0 Å². The topological polar surface area (TPSA) is 29.1 Å². The molecule has 3 heteroatoms. The molecule has 0 bridgehead atoms. The Morgan fingerprint density at radius 2 is 1.60 bits per heavy atom. The second-order valence-electron chi connectivity index (χ2n) is 5.06. The zero-order valence-electron chi connectivity index (χ0n) is 12.0. The van der Waals surface area contributed by atoms with E-state index >= 15 is 0 Å². The van der Waals surface area contributed by atoms with Crippen molar-refractivity contribution in [2.75, 3.05) is 11.9 Å². The number of aryl methyl sites for hydroxylation is 3. The van der Waals surface area contributed by atoms with E-state index in [4.69, 9.17) is 0 Å². The summed E-state index contributed by atoms with van der Waals surface area (Å²) in [5, 5.41) is 3.02. The fourth-order valence-corrected chi connectivity index (χ4v) is 2.46. The van der Waals surface area contributed by atoms with Gasteiger partial charge in [0.15, 0.2) is 5.78 Å². The molecule has 0 radical (unpaired) electrons. The van der Waals surface area contributed by atoms with Crippen molar-refractivity contribution in [3.8, 4) is 0 Å². The molecule has 2 rings (SSSR count). The summed E-state index contributed by atoms with van der Waals surface area (Å²) >= 11 is 0. The van der Waals surface area contributed by atoms with E-state index in [0.717, 1.165) is 27.9 Å². The van der Waals surface area contributed by atoms with E-state index in [0.29, 0.717) is 0 Å². The zero-order chi connectivity index (χ0) is 14.7. The number of ketones is 1. The van der Waals surface area contributed by atoms with Crippen LogP contribution in [-0.4, -0.2) is 12.3 Å². The average Bonchev–Trinajstić information content (AvgIpc) is 2.37. The Balaban J connectivity index is 2.11. The van der Waals surface area contributed by atoms with Crippen LogP contribution in [-0.2, 0) is 0 Å². The number of anilines is 1. The lowest BCUT2D eigenvalue weighted by atomic mass is 9.96. The molecule has 20 heavy (non-hydrogen) atoms. The van der Waals surface area contributed by atoms with Gasteiger partial charge in [0.05, 0.1) is 6.54 Å². The molecule has 0 heterocycles. The first-order valence-corrected chi connectivity index (χ1v) is 6.58. The molecular formula is C17H18FNO. The summed E-state index contributed by atoms with van der Waals surface area (Å²) in [6.45, 7) is 6.12. The molecule has 0 atom stereocenters. The van der Waals surface area contributed by atoms with Gasteiger partial charge in [-0.1, -0.05) is 17.7 Å². The van der Waals surface area contributed by atoms with E-state index in [1.54, 1.807) is 12.1 Å². The highest BCUT2D eigenvalue weighted by Gasteiger charge is 2.12. The van der Waals surface area contributed by atoms with Gasteiger partial charge in [-0.2, -0.15) is 0 Å². The summed E-state index contributed by atoms with van der Waals surface area (Å²) in [6, 6.07) is 10.0. The molecule has 2 nitrogen and oxygen atoms in total. The monoisotopic (exact) mass is 271 g/mol. The van der Waals surface area contributed by atoms with E-state index < -0.39 is 0 Å². The summed E-state index contributed by atoms with van der Waals surface area (Å²) in [7, 11) is 0. The molecule has 0 unspecified atom stereocenters. The lowest BCUT2D eigenvalue weighted by molar-refractivity contribution is 0.100. The summed E-state index contributed by atoms with van der Waals surface area (Å²) in [5.74, 6) is -0.239. The first-order chi connectivity index (χ1) is 9.47. The van der Waals surface area contributed by atoms with Gasteiger partial charge in [0.25, 0.3) is 0 Å². The van der Waals surface area contributed by atoms with Gasteiger partial charge in [0.2, 0.25) is 0 Å². The van der Waals surface area contributed by atoms with Gasteiger partial charge in [-0.15, -0.1) is 0 Å². The molecule has 0 fully saturated rings. The van der Waals surface area contributed by atoms with Crippen molar-refractivity contribution < 1.29 is 9.18 Å². The number of hydrogen-bond acceptors (Lipinski definition) is 2. The first-order valence-electron chi connectivity index (χ1n) is 6.58. The van der Waals surface area contributed by atoms with E-state index in [1.807, 2.05) is 32.9 Å². The largest absolute Gasteiger partial charge is 0.378 e. The van der Waals surface area contributed by atoms with Gasteiger partial charge >= 0.3 is 0 Å². The van der Waals surface area contributed by atoms with Crippen LogP contribution in [0.4, 0.5) is 10.1 Å². The molecular weight excluding hydrogens is 253 g/mol. The highest BCUT2D eigenvalue weighted by atomic mass is 19.1. The van der Waals surface area contributed by atoms with Gasteiger partial charge in [0, 0.05) is 11.3 Å². The van der Waals surface area contributed by atoms with Gasteiger partial charge in [-0.25, -0.2) is 4.39 Å². The predicted octanol–water partition coefficient (Wildman–Crippen LogP) is 4.05. The third-order valence-corrected chi connectivity index (χ3v) is 3.25. The van der Waals surface area contributed by atoms with E-state index in [2.05, 4.69) is 5.32 Å². The first kappa shape index (κ1) is 14.3. The van der Waals surface area contributed by atoms with Gasteiger partial charge in [-0.3, -0.25) is 4.79 Å². The molecule has 0 saturated carbocycles. The lowest BCUT2D eigenvalue weighted by Crippen LogP contribution is -2.16. The number of nitrogens with one attached hydrogen (secondary N) is 1. The highest BCUT2D eigenvalue weighted by Crippen LogP contribution is 2.17. The van der Waals surface area contributed by atoms with Gasteiger partial charge in [-0.05, 0) is 56.2 Å². The average molecular weight is 271 g/mol. The number of rotatable bonds is 4. The lowest BCUT2D eigenvalue weighted by Gasteiger charge is -2.11. The van der Waals surface area contributed by atoms with Crippen LogP contribution >= 0.6 is 0 Å². The van der Waals surface area contributed by atoms with Gasteiger partial charge < -0.3 is 5.32 Å². The normalized spacial score (nSPS) is 10.4. The molecule has 0 amide bonds. The molecule has 0 aliphatic heterocycles.